The van der Waals surface area contributed by atoms with Crippen molar-refractivity contribution in [1.29, 1.82) is 0 Å². The van der Waals surface area contributed by atoms with Crippen LogP contribution in [0.3, 0.4) is 0 Å². The van der Waals surface area contributed by atoms with Crippen LogP contribution in [0.2, 0.25) is 5.02 Å². The van der Waals surface area contributed by atoms with E-state index >= 15 is 0 Å². The molecule has 0 aliphatic carbocycles. The molecule has 0 amide bonds. The molecule has 2 heterocycles. The molecule has 0 unspecified atom stereocenters. The molecule has 0 saturated carbocycles. The zero-order valence-electron chi connectivity index (χ0n) is 14.4. The molecule has 128 valence electrons. The van der Waals surface area contributed by atoms with Gasteiger partial charge in [0, 0.05) is 36.4 Å². The Morgan fingerprint density at radius 1 is 1.17 bits per heavy atom. The highest BCUT2D eigenvalue weighted by Crippen LogP contribution is 2.22. The molecular formula is C19H25ClN4. The van der Waals surface area contributed by atoms with Crippen LogP contribution >= 0.6 is 11.6 Å². The average Bonchev–Trinajstić information content (AvgIpc) is 2.57. The van der Waals surface area contributed by atoms with Gasteiger partial charge in [0.25, 0.3) is 0 Å². The molecule has 2 aromatic rings. The maximum Gasteiger partial charge on any atom is 0.224 e. The number of halogens is 1. The average molecular weight is 345 g/mol. The first-order valence-corrected chi connectivity index (χ1v) is 9.07. The molecule has 0 spiro atoms. The number of nitrogens with one attached hydrogen (secondary N) is 1. The van der Waals surface area contributed by atoms with E-state index in [1.807, 2.05) is 19.1 Å². The molecule has 1 aromatic carbocycles. The minimum absolute atomic E-state index is 0.720. The molecule has 1 N–H and O–H groups in total. The summed E-state index contributed by atoms with van der Waals surface area (Å²) in [5.74, 6) is 2.59. The summed E-state index contributed by atoms with van der Waals surface area (Å²) in [5.41, 5.74) is 2.26. The zero-order chi connectivity index (χ0) is 16.9. The van der Waals surface area contributed by atoms with E-state index in [0.717, 1.165) is 54.5 Å². The highest BCUT2D eigenvalue weighted by atomic mass is 35.5. The maximum atomic E-state index is 5.92. The van der Waals surface area contributed by atoms with Crippen molar-refractivity contribution in [3.63, 3.8) is 0 Å². The van der Waals surface area contributed by atoms with E-state index in [-0.39, 0.29) is 0 Å². The van der Waals surface area contributed by atoms with E-state index in [0.29, 0.717) is 0 Å². The molecule has 4 nitrogen and oxygen atoms in total. The third-order valence-corrected chi connectivity index (χ3v) is 4.81. The lowest BCUT2D eigenvalue weighted by atomic mass is 9.99. The lowest BCUT2D eigenvalue weighted by Crippen LogP contribution is -2.33. The summed E-state index contributed by atoms with van der Waals surface area (Å²) in [7, 11) is 0. The number of hydrogen-bond donors (Lipinski definition) is 1. The van der Waals surface area contributed by atoms with Gasteiger partial charge in [-0.3, -0.25) is 0 Å². The Bertz CT molecular complexity index is 664. The minimum Gasteiger partial charge on any atom is -0.356 e. The predicted octanol–water partition coefficient (Wildman–Crippen LogP) is 4.33. The lowest BCUT2D eigenvalue weighted by molar-refractivity contribution is 0.436. The Morgan fingerprint density at radius 3 is 2.58 bits per heavy atom. The van der Waals surface area contributed by atoms with Crippen molar-refractivity contribution < 1.29 is 0 Å². The summed E-state index contributed by atoms with van der Waals surface area (Å²) < 4.78 is 0. The van der Waals surface area contributed by atoms with Gasteiger partial charge in [0.2, 0.25) is 5.95 Å². The van der Waals surface area contributed by atoms with Crippen molar-refractivity contribution in [2.75, 3.05) is 29.9 Å². The summed E-state index contributed by atoms with van der Waals surface area (Å²) in [6.07, 6.45) is 3.40. The second-order valence-electron chi connectivity index (χ2n) is 6.66. The molecular weight excluding hydrogens is 320 g/mol. The molecule has 0 radical (unpaired) electrons. The molecule has 24 heavy (non-hydrogen) atoms. The minimum atomic E-state index is 0.720. The van der Waals surface area contributed by atoms with Crippen LogP contribution in [-0.4, -0.2) is 29.6 Å². The Hall–Kier alpha value is -1.81. The number of piperidine rings is 1. The van der Waals surface area contributed by atoms with Crippen LogP contribution in [0.5, 0.6) is 0 Å². The lowest BCUT2D eigenvalue weighted by Gasteiger charge is -2.31. The van der Waals surface area contributed by atoms with Gasteiger partial charge in [0.05, 0.1) is 0 Å². The van der Waals surface area contributed by atoms with Crippen molar-refractivity contribution >= 4 is 23.4 Å². The van der Waals surface area contributed by atoms with E-state index in [1.165, 1.54) is 18.4 Å². The molecule has 1 fully saturated rings. The highest BCUT2D eigenvalue weighted by Gasteiger charge is 2.17. The summed E-state index contributed by atoms with van der Waals surface area (Å²) in [4.78, 5) is 11.6. The van der Waals surface area contributed by atoms with Gasteiger partial charge in [-0.2, -0.15) is 4.98 Å². The number of aromatic nitrogens is 2. The fourth-order valence-corrected chi connectivity index (χ4v) is 3.13. The molecule has 0 bridgehead atoms. The van der Waals surface area contributed by atoms with E-state index < -0.39 is 0 Å². The van der Waals surface area contributed by atoms with Gasteiger partial charge in [0.15, 0.2) is 0 Å². The number of nitrogens with zero attached hydrogens (tertiary/aromatic N) is 3. The fraction of sp³-hybridized carbons (Fsp3) is 0.474. The highest BCUT2D eigenvalue weighted by molar-refractivity contribution is 6.30. The van der Waals surface area contributed by atoms with Gasteiger partial charge in [-0.25, -0.2) is 4.98 Å². The zero-order valence-corrected chi connectivity index (χ0v) is 15.2. The van der Waals surface area contributed by atoms with Crippen LogP contribution < -0.4 is 10.2 Å². The van der Waals surface area contributed by atoms with E-state index in [4.69, 9.17) is 16.6 Å². The Kier molecular flexibility index (Phi) is 5.56. The first-order chi connectivity index (χ1) is 11.6. The van der Waals surface area contributed by atoms with Crippen molar-refractivity contribution in [1.82, 2.24) is 9.97 Å². The van der Waals surface area contributed by atoms with Crippen LogP contribution in [-0.2, 0) is 6.42 Å². The van der Waals surface area contributed by atoms with Crippen molar-refractivity contribution in [2.24, 2.45) is 5.92 Å². The monoisotopic (exact) mass is 344 g/mol. The van der Waals surface area contributed by atoms with Gasteiger partial charge in [-0.15, -0.1) is 0 Å². The summed E-state index contributed by atoms with van der Waals surface area (Å²) >= 11 is 5.92. The van der Waals surface area contributed by atoms with Gasteiger partial charge >= 0.3 is 0 Å². The normalized spacial score (nSPS) is 15.5. The van der Waals surface area contributed by atoms with Gasteiger partial charge < -0.3 is 10.2 Å². The van der Waals surface area contributed by atoms with Crippen LogP contribution in [0.25, 0.3) is 0 Å². The number of rotatable bonds is 5. The largest absolute Gasteiger partial charge is 0.356 e. The Labute approximate surface area is 149 Å². The molecule has 5 heteroatoms. The molecule has 3 rings (SSSR count). The summed E-state index contributed by atoms with van der Waals surface area (Å²) in [5, 5.41) is 4.13. The smallest absolute Gasteiger partial charge is 0.224 e. The second kappa shape index (κ2) is 7.84. The van der Waals surface area contributed by atoms with Gasteiger partial charge in [-0.1, -0.05) is 30.7 Å². The van der Waals surface area contributed by atoms with Crippen molar-refractivity contribution in [3.8, 4) is 0 Å². The standard InChI is InChI=1S/C19H25ClN4/c1-14-8-11-24(12-9-14)18-13-15(2)22-19(23-18)21-10-7-16-3-5-17(20)6-4-16/h3-6,13-14H,7-12H2,1-2H3,(H,21,22,23). The Morgan fingerprint density at radius 2 is 1.88 bits per heavy atom. The molecule has 1 aliphatic heterocycles. The van der Waals surface area contributed by atoms with Crippen molar-refractivity contribution in [3.05, 3.63) is 46.6 Å². The second-order valence-corrected chi connectivity index (χ2v) is 7.10. The first-order valence-electron chi connectivity index (χ1n) is 8.69. The van der Waals surface area contributed by atoms with Gasteiger partial charge in [-0.05, 0) is 49.8 Å². The van der Waals surface area contributed by atoms with E-state index in [1.54, 1.807) is 0 Å². The maximum absolute atomic E-state index is 5.92. The fourth-order valence-electron chi connectivity index (χ4n) is 3.00. The summed E-state index contributed by atoms with van der Waals surface area (Å²) in [6.45, 7) is 7.33. The molecule has 1 aliphatic rings. The first kappa shape index (κ1) is 17.0. The molecule has 1 aromatic heterocycles. The SMILES string of the molecule is Cc1cc(N2CCC(C)CC2)nc(NCCc2ccc(Cl)cc2)n1. The topological polar surface area (TPSA) is 41.1 Å². The third-order valence-electron chi connectivity index (χ3n) is 4.56. The van der Waals surface area contributed by atoms with Crippen LogP contribution in [0.4, 0.5) is 11.8 Å². The molecule has 0 atom stereocenters. The number of hydrogen-bond acceptors (Lipinski definition) is 4. The van der Waals surface area contributed by atoms with Crippen molar-refractivity contribution in [2.45, 2.75) is 33.1 Å². The molecule has 1 saturated heterocycles. The van der Waals surface area contributed by atoms with Crippen LogP contribution in [0.15, 0.2) is 30.3 Å². The quantitative estimate of drug-likeness (QED) is 0.876. The number of anilines is 2. The third kappa shape index (κ3) is 4.60. The summed E-state index contributed by atoms with van der Waals surface area (Å²) in [6, 6.07) is 10.0. The predicted molar refractivity (Wildman–Crippen MR) is 101 cm³/mol. The van der Waals surface area contributed by atoms with E-state index in [2.05, 4.69) is 40.3 Å². The number of aryl methyl sites for hydroxylation is 1. The Balaban J connectivity index is 1.60. The van der Waals surface area contributed by atoms with Gasteiger partial charge in [0.1, 0.15) is 5.82 Å². The van der Waals surface area contributed by atoms with E-state index in [9.17, 15) is 0 Å². The van der Waals surface area contributed by atoms with Crippen LogP contribution in [0.1, 0.15) is 31.0 Å². The number of benzene rings is 1. The van der Waals surface area contributed by atoms with Crippen LogP contribution in [0, 0.1) is 12.8 Å².